The average molecular weight is 336 g/mol. The molecule has 2 heterocycles. The molecule has 0 radical (unpaired) electrons. The first kappa shape index (κ1) is 15.5. The predicted molar refractivity (Wildman–Crippen MR) is 89.9 cm³/mol. The lowest BCUT2D eigenvalue weighted by Crippen LogP contribution is -2.32. The highest BCUT2D eigenvalue weighted by Crippen LogP contribution is 2.68. The standard InChI is InChI=1S/C10H17N4OPS3/c1-4-6-13(7-5-2)16(15)14-9(11-10(17)19-16)18-8(3)12-14/h4-7H2,1-3H3. The maximum absolute atomic E-state index is 13.4. The topological polar surface area (TPSA) is 48.3 Å². The van der Waals surface area contributed by atoms with Crippen LogP contribution in [0.2, 0.25) is 0 Å². The normalized spacial score (nSPS) is 26.5. The van der Waals surface area contributed by atoms with E-state index < -0.39 is 6.65 Å². The van der Waals surface area contributed by atoms with E-state index in [4.69, 9.17) is 12.2 Å². The van der Waals surface area contributed by atoms with Crippen LogP contribution in [0.25, 0.3) is 0 Å². The Morgan fingerprint density at radius 3 is 2.58 bits per heavy atom. The van der Waals surface area contributed by atoms with E-state index in [1.54, 1.807) is 4.78 Å². The zero-order chi connectivity index (χ0) is 14.0. The van der Waals surface area contributed by atoms with Gasteiger partial charge in [0, 0.05) is 24.5 Å². The zero-order valence-corrected chi connectivity index (χ0v) is 14.5. The van der Waals surface area contributed by atoms with Gasteiger partial charge in [0.15, 0.2) is 4.32 Å². The quantitative estimate of drug-likeness (QED) is 0.559. The van der Waals surface area contributed by atoms with Crippen LogP contribution in [0.15, 0.2) is 10.1 Å². The molecular formula is C10H17N4OPS3. The molecule has 1 atom stereocenters. The molecule has 2 aliphatic rings. The first-order valence-electron chi connectivity index (χ1n) is 6.22. The average Bonchev–Trinajstić information content (AvgIpc) is 2.70. The van der Waals surface area contributed by atoms with Crippen LogP contribution in [0.3, 0.4) is 0 Å². The molecule has 0 fully saturated rings. The van der Waals surface area contributed by atoms with Crippen LogP contribution >= 0.6 is 42.0 Å². The summed E-state index contributed by atoms with van der Waals surface area (Å²) in [5.74, 6) is 0. The van der Waals surface area contributed by atoms with E-state index in [1.807, 2.05) is 11.6 Å². The molecule has 2 aliphatic heterocycles. The Bertz CT molecular complexity index is 487. The van der Waals surface area contributed by atoms with Gasteiger partial charge in [0.2, 0.25) is 5.17 Å². The second kappa shape index (κ2) is 6.26. The molecule has 0 amide bonds. The molecule has 0 aromatic carbocycles. The summed E-state index contributed by atoms with van der Waals surface area (Å²) in [5, 5.41) is 5.89. The molecule has 1 unspecified atom stereocenters. The van der Waals surface area contributed by atoms with Crippen LogP contribution in [0.5, 0.6) is 0 Å². The first-order valence-corrected chi connectivity index (χ1v) is 10.5. The molecule has 9 heteroatoms. The Labute approximate surface area is 127 Å². The van der Waals surface area contributed by atoms with Crippen LogP contribution in [-0.4, -0.2) is 37.1 Å². The summed E-state index contributed by atoms with van der Waals surface area (Å²) in [6.45, 7) is 4.78. The molecule has 0 saturated heterocycles. The molecule has 0 aromatic rings. The molecule has 5 nitrogen and oxygen atoms in total. The fourth-order valence-electron chi connectivity index (χ4n) is 1.90. The molecule has 106 valence electrons. The molecule has 0 aromatic heterocycles. The molecule has 0 spiro atoms. The largest absolute Gasteiger partial charge is 0.323 e. The van der Waals surface area contributed by atoms with E-state index in [0.29, 0.717) is 9.49 Å². The van der Waals surface area contributed by atoms with Gasteiger partial charge in [0.05, 0.1) is 5.04 Å². The van der Waals surface area contributed by atoms with E-state index in [0.717, 1.165) is 31.0 Å². The van der Waals surface area contributed by atoms with Crippen LogP contribution in [0.1, 0.15) is 33.6 Å². The molecule has 2 rings (SSSR count). The lowest BCUT2D eigenvalue weighted by molar-refractivity contribution is 0.391. The van der Waals surface area contributed by atoms with Crippen LogP contribution in [-0.2, 0) is 4.57 Å². The van der Waals surface area contributed by atoms with Gasteiger partial charge in [-0.2, -0.15) is 9.88 Å². The molecule has 0 saturated carbocycles. The van der Waals surface area contributed by atoms with Crippen molar-refractivity contribution in [1.29, 1.82) is 0 Å². The number of fused-ring (bicyclic) bond motifs is 1. The number of thiocarbonyl (C=S) groups is 1. The van der Waals surface area contributed by atoms with Crippen LogP contribution in [0, 0.1) is 0 Å². The highest BCUT2D eigenvalue weighted by Gasteiger charge is 2.46. The van der Waals surface area contributed by atoms with Gasteiger partial charge in [-0.05, 0) is 43.7 Å². The summed E-state index contributed by atoms with van der Waals surface area (Å²) in [4.78, 5) is 4.28. The van der Waals surface area contributed by atoms with Crippen molar-refractivity contribution >= 4 is 56.5 Å². The van der Waals surface area contributed by atoms with Gasteiger partial charge in [-0.15, -0.1) is 0 Å². The first-order chi connectivity index (χ1) is 9.01. The summed E-state index contributed by atoms with van der Waals surface area (Å²) in [6.07, 6.45) is 1.90. The maximum Gasteiger partial charge on any atom is 0.323 e. The summed E-state index contributed by atoms with van der Waals surface area (Å²) >= 11 is 7.81. The summed E-state index contributed by atoms with van der Waals surface area (Å²) < 4.78 is 17.5. The Morgan fingerprint density at radius 1 is 1.37 bits per heavy atom. The lowest BCUT2D eigenvalue weighted by atomic mass is 10.4. The molecule has 19 heavy (non-hydrogen) atoms. The molecule has 0 bridgehead atoms. The van der Waals surface area contributed by atoms with Crippen molar-refractivity contribution in [3.63, 3.8) is 0 Å². The Morgan fingerprint density at radius 2 is 2.00 bits per heavy atom. The smallest absolute Gasteiger partial charge is 0.267 e. The minimum atomic E-state index is -2.85. The van der Waals surface area contributed by atoms with E-state index in [-0.39, 0.29) is 0 Å². The van der Waals surface area contributed by atoms with Gasteiger partial charge >= 0.3 is 6.65 Å². The number of hydrazone groups is 1. The molecular weight excluding hydrogens is 319 g/mol. The summed E-state index contributed by atoms with van der Waals surface area (Å²) in [6, 6.07) is 0. The monoisotopic (exact) mass is 336 g/mol. The van der Waals surface area contributed by atoms with Gasteiger partial charge in [0.1, 0.15) is 0 Å². The number of thioether (sulfide) groups is 1. The van der Waals surface area contributed by atoms with Gasteiger partial charge in [0.25, 0.3) is 0 Å². The minimum absolute atomic E-state index is 0.448. The van der Waals surface area contributed by atoms with Gasteiger partial charge in [-0.3, -0.25) is 4.57 Å². The van der Waals surface area contributed by atoms with Crippen molar-refractivity contribution in [2.24, 2.45) is 10.1 Å². The number of aliphatic imine (C=N–C) groups is 1. The summed E-state index contributed by atoms with van der Waals surface area (Å²) in [5.41, 5.74) is 0. The number of hydrogen-bond donors (Lipinski definition) is 0. The van der Waals surface area contributed by atoms with Gasteiger partial charge in [-0.25, -0.2) is 9.66 Å². The van der Waals surface area contributed by atoms with Crippen molar-refractivity contribution in [1.82, 2.24) is 9.45 Å². The number of nitrogens with zero attached hydrogens (tertiary/aromatic N) is 4. The van der Waals surface area contributed by atoms with Crippen molar-refractivity contribution in [2.75, 3.05) is 13.1 Å². The Balaban J connectivity index is 2.37. The fraction of sp³-hybridized carbons (Fsp3) is 0.700. The fourth-order valence-corrected chi connectivity index (χ4v) is 8.61. The predicted octanol–water partition coefficient (Wildman–Crippen LogP) is 3.99. The van der Waals surface area contributed by atoms with E-state index in [9.17, 15) is 4.57 Å². The van der Waals surface area contributed by atoms with E-state index in [1.165, 1.54) is 23.1 Å². The second-order valence-electron chi connectivity index (χ2n) is 4.21. The Kier molecular flexibility index (Phi) is 5.11. The van der Waals surface area contributed by atoms with Crippen molar-refractivity contribution < 1.29 is 4.57 Å². The number of hydrogen-bond acceptors (Lipinski definition) is 5. The molecule has 0 N–H and O–H groups in total. The zero-order valence-electron chi connectivity index (χ0n) is 11.2. The third kappa shape index (κ3) is 3.08. The van der Waals surface area contributed by atoms with E-state index >= 15 is 0 Å². The minimum Gasteiger partial charge on any atom is -0.267 e. The summed E-state index contributed by atoms with van der Waals surface area (Å²) in [7, 11) is 0. The van der Waals surface area contributed by atoms with Crippen LogP contribution < -0.4 is 0 Å². The second-order valence-corrected chi connectivity index (χ2v) is 10.5. The van der Waals surface area contributed by atoms with E-state index in [2.05, 4.69) is 23.9 Å². The molecule has 0 aliphatic carbocycles. The highest BCUT2D eigenvalue weighted by molar-refractivity contribution is 8.66. The third-order valence-electron chi connectivity index (χ3n) is 2.59. The Hall–Kier alpha value is 0.120. The van der Waals surface area contributed by atoms with Crippen molar-refractivity contribution in [3.05, 3.63) is 0 Å². The lowest BCUT2D eigenvalue weighted by Gasteiger charge is -2.36. The van der Waals surface area contributed by atoms with Crippen LogP contribution in [0.4, 0.5) is 0 Å². The number of rotatable bonds is 5. The SMILES string of the molecule is CCCN(CCC)P1(=O)SC(=S)N=C2SC(C)=NN21. The third-order valence-corrected chi connectivity index (χ3v) is 9.01. The van der Waals surface area contributed by atoms with Crippen molar-refractivity contribution in [3.8, 4) is 0 Å². The van der Waals surface area contributed by atoms with Crippen molar-refractivity contribution in [2.45, 2.75) is 33.6 Å². The van der Waals surface area contributed by atoms with Gasteiger partial charge < -0.3 is 0 Å². The highest BCUT2D eigenvalue weighted by atomic mass is 32.7. The number of amidine groups is 1. The maximum atomic E-state index is 13.4. The van der Waals surface area contributed by atoms with Gasteiger partial charge in [-0.1, -0.05) is 13.8 Å².